The van der Waals surface area contributed by atoms with Gasteiger partial charge in [0.15, 0.2) is 5.96 Å². The monoisotopic (exact) mass is 273 g/mol. The summed E-state index contributed by atoms with van der Waals surface area (Å²) in [6.07, 6.45) is 0. The van der Waals surface area contributed by atoms with Crippen molar-refractivity contribution >= 4 is 17.3 Å². The van der Waals surface area contributed by atoms with Crippen molar-refractivity contribution in [3.05, 3.63) is 57.8 Å². The van der Waals surface area contributed by atoms with Crippen LogP contribution in [0.5, 0.6) is 0 Å². The first-order chi connectivity index (χ1) is 9.28. The summed E-state index contributed by atoms with van der Waals surface area (Å²) in [7, 11) is 1.79. The van der Waals surface area contributed by atoms with Crippen LogP contribution in [0, 0.1) is 6.92 Å². The molecule has 4 heteroatoms. The highest BCUT2D eigenvalue weighted by Gasteiger charge is 1.99. The fourth-order valence-corrected chi connectivity index (χ4v) is 2.48. The second-order valence-electron chi connectivity index (χ2n) is 4.40. The first kappa shape index (κ1) is 13.6. The van der Waals surface area contributed by atoms with Crippen LogP contribution in [0.25, 0.3) is 0 Å². The number of nitrogens with one attached hydrogen (secondary N) is 2. The third-order valence-electron chi connectivity index (χ3n) is 2.81. The summed E-state index contributed by atoms with van der Waals surface area (Å²) < 4.78 is 0. The van der Waals surface area contributed by atoms with Crippen LogP contribution in [0.2, 0.25) is 0 Å². The van der Waals surface area contributed by atoms with Crippen molar-refractivity contribution in [2.45, 2.75) is 20.0 Å². The summed E-state index contributed by atoms with van der Waals surface area (Å²) >= 11 is 1.71. The first-order valence-electron chi connectivity index (χ1n) is 6.29. The maximum Gasteiger partial charge on any atom is 0.191 e. The number of nitrogens with zero attached hydrogens (tertiary/aromatic N) is 1. The third kappa shape index (κ3) is 4.41. The number of aliphatic imine (C=N–C) groups is 1. The highest BCUT2D eigenvalue weighted by Crippen LogP contribution is 2.05. The van der Waals surface area contributed by atoms with E-state index >= 15 is 0 Å². The fraction of sp³-hybridized carbons (Fsp3) is 0.267. The molecule has 2 N–H and O–H groups in total. The normalized spacial score (nSPS) is 11.4. The minimum Gasteiger partial charge on any atom is -0.352 e. The number of hydrogen-bond acceptors (Lipinski definition) is 2. The van der Waals surface area contributed by atoms with E-state index < -0.39 is 0 Å². The Labute approximate surface area is 118 Å². The van der Waals surface area contributed by atoms with Crippen molar-refractivity contribution < 1.29 is 0 Å². The Morgan fingerprint density at radius 3 is 2.58 bits per heavy atom. The summed E-state index contributed by atoms with van der Waals surface area (Å²) in [5.74, 6) is 0.827. The van der Waals surface area contributed by atoms with Crippen LogP contribution in [0.3, 0.4) is 0 Å². The highest BCUT2D eigenvalue weighted by atomic mass is 32.1. The minimum atomic E-state index is 0.783. The van der Waals surface area contributed by atoms with E-state index in [9.17, 15) is 0 Å². The van der Waals surface area contributed by atoms with E-state index in [4.69, 9.17) is 0 Å². The Morgan fingerprint density at radius 2 is 1.95 bits per heavy atom. The van der Waals surface area contributed by atoms with Gasteiger partial charge in [0.2, 0.25) is 0 Å². The van der Waals surface area contributed by atoms with Gasteiger partial charge in [0.05, 0.1) is 0 Å². The second kappa shape index (κ2) is 6.95. The molecule has 2 aromatic rings. The molecule has 1 aromatic carbocycles. The minimum absolute atomic E-state index is 0.783. The van der Waals surface area contributed by atoms with Gasteiger partial charge in [-0.3, -0.25) is 4.99 Å². The molecule has 0 bridgehead atoms. The van der Waals surface area contributed by atoms with Gasteiger partial charge in [0, 0.05) is 20.1 Å². The number of thiophene rings is 1. The van der Waals surface area contributed by atoms with Crippen molar-refractivity contribution in [2.24, 2.45) is 4.99 Å². The zero-order valence-corrected chi connectivity index (χ0v) is 12.1. The standard InChI is InChI=1S/C15H19N3S/c1-12-4-3-5-13(8-12)9-17-15(16-2)18-10-14-6-7-19-11-14/h3-8,11H,9-10H2,1-2H3,(H2,16,17,18). The maximum absolute atomic E-state index is 4.22. The average Bonchev–Trinajstić information content (AvgIpc) is 2.92. The van der Waals surface area contributed by atoms with Crippen molar-refractivity contribution in [3.8, 4) is 0 Å². The van der Waals surface area contributed by atoms with E-state index in [1.165, 1.54) is 16.7 Å². The predicted molar refractivity (Wildman–Crippen MR) is 82.5 cm³/mol. The zero-order chi connectivity index (χ0) is 13.5. The van der Waals surface area contributed by atoms with Crippen LogP contribution < -0.4 is 10.6 Å². The van der Waals surface area contributed by atoms with Gasteiger partial charge < -0.3 is 10.6 Å². The highest BCUT2D eigenvalue weighted by molar-refractivity contribution is 7.07. The molecule has 0 radical (unpaired) electrons. The number of benzene rings is 1. The lowest BCUT2D eigenvalue weighted by atomic mass is 10.1. The van der Waals surface area contributed by atoms with Gasteiger partial charge in [0.25, 0.3) is 0 Å². The molecule has 0 unspecified atom stereocenters. The Kier molecular flexibility index (Phi) is 4.98. The second-order valence-corrected chi connectivity index (χ2v) is 5.18. The molecule has 2 rings (SSSR count). The molecular weight excluding hydrogens is 254 g/mol. The van der Waals surface area contributed by atoms with E-state index in [2.05, 4.69) is 63.6 Å². The molecule has 0 saturated heterocycles. The van der Waals surface area contributed by atoms with Crippen molar-refractivity contribution in [1.82, 2.24) is 10.6 Å². The number of rotatable bonds is 4. The van der Waals surface area contributed by atoms with Crippen LogP contribution in [-0.4, -0.2) is 13.0 Å². The van der Waals surface area contributed by atoms with Crippen molar-refractivity contribution in [3.63, 3.8) is 0 Å². The Morgan fingerprint density at radius 1 is 1.16 bits per heavy atom. The van der Waals surface area contributed by atoms with Gasteiger partial charge in [-0.2, -0.15) is 11.3 Å². The van der Waals surface area contributed by atoms with E-state index in [1.54, 1.807) is 18.4 Å². The molecule has 1 aromatic heterocycles. The smallest absolute Gasteiger partial charge is 0.191 e. The molecule has 100 valence electrons. The molecule has 0 saturated carbocycles. The van der Waals surface area contributed by atoms with Gasteiger partial charge in [-0.15, -0.1) is 0 Å². The van der Waals surface area contributed by atoms with E-state index in [0.29, 0.717) is 0 Å². The van der Waals surface area contributed by atoms with Crippen LogP contribution in [0.1, 0.15) is 16.7 Å². The van der Waals surface area contributed by atoms with Crippen LogP contribution >= 0.6 is 11.3 Å². The van der Waals surface area contributed by atoms with Crippen LogP contribution in [0.4, 0.5) is 0 Å². The third-order valence-corrected chi connectivity index (χ3v) is 3.54. The lowest BCUT2D eigenvalue weighted by Gasteiger charge is -2.11. The van der Waals surface area contributed by atoms with Gasteiger partial charge in [0.1, 0.15) is 0 Å². The van der Waals surface area contributed by atoms with E-state index in [-0.39, 0.29) is 0 Å². The number of guanidine groups is 1. The maximum atomic E-state index is 4.22. The quantitative estimate of drug-likeness (QED) is 0.664. The van der Waals surface area contributed by atoms with E-state index in [1.807, 2.05) is 0 Å². The SMILES string of the molecule is CN=C(NCc1ccsc1)NCc1cccc(C)c1. The Balaban J connectivity index is 1.83. The summed E-state index contributed by atoms with van der Waals surface area (Å²) in [5.41, 5.74) is 3.82. The molecular formula is C15H19N3S. The fourth-order valence-electron chi connectivity index (χ4n) is 1.81. The first-order valence-corrected chi connectivity index (χ1v) is 7.23. The average molecular weight is 273 g/mol. The summed E-state index contributed by atoms with van der Waals surface area (Å²) in [5, 5.41) is 10.8. The topological polar surface area (TPSA) is 36.4 Å². The molecule has 19 heavy (non-hydrogen) atoms. The van der Waals surface area contributed by atoms with Gasteiger partial charge >= 0.3 is 0 Å². The molecule has 0 fully saturated rings. The summed E-state index contributed by atoms with van der Waals surface area (Å²) in [6, 6.07) is 10.6. The van der Waals surface area contributed by atoms with Crippen molar-refractivity contribution in [2.75, 3.05) is 7.05 Å². The molecule has 3 nitrogen and oxygen atoms in total. The molecule has 0 atom stereocenters. The molecule has 0 spiro atoms. The zero-order valence-electron chi connectivity index (χ0n) is 11.3. The lowest BCUT2D eigenvalue weighted by Crippen LogP contribution is -2.36. The van der Waals surface area contributed by atoms with Gasteiger partial charge in [-0.25, -0.2) is 0 Å². The molecule has 0 aliphatic heterocycles. The van der Waals surface area contributed by atoms with Gasteiger partial charge in [-0.05, 0) is 34.9 Å². The summed E-state index contributed by atoms with van der Waals surface area (Å²) in [6.45, 7) is 3.69. The van der Waals surface area contributed by atoms with Crippen LogP contribution in [-0.2, 0) is 13.1 Å². The predicted octanol–water partition coefficient (Wildman–Crippen LogP) is 2.92. The van der Waals surface area contributed by atoms with Gasteiger partial charge in [-0.1, -0.05) is 29.8 Å². The summed E-state index contributed by atoms with van der Waals surface area (Å²) in [4.78, 5) is 4.22. The Hall–Kier alpha value is -1.81. The molecule has 0 amide bonds. The molecule has 0 aliphatic carbocycles. The number of hydrogen-bond donors (Lipinski definition) is 2. The molecule has 1 heterocycles. The Bertz CT molecular complexity index is 532. The van der Waals surface area contributed by atoms with Crippen molar-refractivity contribution in [1.29, 1.82) is 0 Å². The largest absolute Gasteiger partial charge is 0.352 e. The molecule has 0 aliphatic rings. The number of aryl methyl sites for hydroxylation is 1. The lowest BCUT2D eigenvalue weighted by molar-refractivity contribution is 0.810. The van der Waals surface area contributed by atoms with E-state index in [0.717, 1.165) is 19.0 Å². The van der Waals surface area contributed by atoms with Crippen LogP contribution in [0.15, 0.2) is 46.1 Å².